The molecule has 1 atom stereocenters. The number of carbonyl (C=O) groups excluding carboxylic acids is 1. The molecule has 0 bridgehead atoms. The van der Waals surface area contributed by atoms with Gasteiger partial charge in [-0.15, -0.1) is 0 Å². The topological polar surface area (TPSA) is 66.4 Å². The smallest absolute Gasteiger partial charge is 0.305 e. The molecule has 16 heavy (non-hydrogen) atoms. The van der Waals surface area contributed by atoms with Crippen molar-refractivity contribution in [3.05, 3.63) is 0 Å². The molecule has 0 unspecified atom stereocenters. The summed E-state index contributed by atoms with van der Waals surface area (Å²) in [5, 5.41) is 11.6. The van der Waals surface area contributed by atoms with Crippen molar-refractivity contribution >= 4 is 11.9 Å². The second-order valence-corrected chi connectivity index (χ2v) is 4.66. The quantitative estimate of drug-likeness (QED) is 0.721. The number of amides is 1. The summed E-state index contributed by atoms with van der Waals surface area (Å²) in [5.74, 6) is -0.624. The van der Waals surface area contributed by atoms with Gasteiger partial charge in [-0.3, -0.25) is 9.59 Å². The van der Waals surface area contributed by atoms with Gasteiger partial charge in [-0.2, -0.15) is 0 Å². The average molecular weight is 227 g/mol. The van der Waals surface area contributed by atoms with E-state index < -0.39 is 5.97 Å². The summed E-state index contributed by atoms with van der Waals surface area (Å²) in [7, 11) is 0. The lowest BCUT2D eigenvalue weighted by Gasteiger charge is -2.25. The molecule has 0 aromatic heterocycles. The van der Waals surface area contributed by atoms with Crippen molar-refractivity contribution in [2.45, 2.75) is 57.9 Å². The van der Waals surface area contributed by atoms with Gasteiger partial charge in [0.15, 0.2) is 0 Å². The maximum atomic E-state index is 11.1. The van der Waals surface area contributed by atoms with Gasteiger partial charge in [-0.05, 0) is 18.8 Å². The SMILES string of the molecule is CC(=O)N[C@H](CC(=O)O)C1CCCCCC1. The summed E-state index contributed by atoms with van der Waals surface area (Å²) in [6, 6.07) is -0.187. The maximum Gasteiger partial charge on any atom is 0.305 e. The van der Waals surface area contributed by atoms with E-state index in [0.29, 0.717) is 5.92 Å². The second kappa shape index (κ2) is 6.51. The van der Waals surface area contributed by atoms with Gasteiger partial charge in [0.25, 0.3) is 0 Å². The highest BCUT2D eigenvalue weighted by atomic mass is 16.4. The summed E-state index contributed by atoms with van der Waals surface area (Å²) < 4.78 is 0. The van der Waals surface area contributed by atoms with Crippen LogP contribution in [0.25, 0.3) is 0 Å². The first kappa shape index (κ1) is 13.0. The van der Waals surface area contributed by atoms with E-state index in [4.69, 9.17) is 5.11 Å². The predicted molar refractivity (Wildman–Crippen MR) is 61.0 cm³/mol. The van der Waals surface area contributed by atoms with Crippen molar-refractivity contribution < 1.29 is 14.7 Å². The van der Waals surface area contributed by atoms with Crippen molar-refractivity contribution in [3.63, 3.8) is 0 Å². The molecule has 4 heteroatoms. The standard InChI is InChI=1S/C12H21NO3/c1-9(14)13-11(8-12(15)16)10-6-4-2-3-5-7-10/h10-11H,2-8H2,1H3,(H,13,14)(H,15,16)/t11-/m1/s1. The molecule has 4 nitrogen and oxygen atoms in total. The van der Waals surface area contributed by atoms with Crippen LogP contribution < -0.4 is 5.32 Å². The molecule has 1 amide bonds. The first-order valence-corrected chi connectivity index (χ1v) is 6.08. The second-order valence-electron chi connectivity index (χ2n) is 4.66. The number of carboxylic acids is 1. The Labute approximate surface area is 96.4 Å². The zero-order valence-electron chi connectivity index (χ0n) is 9.87. The van der Waals surface area contributed by atoms with Gasteiger partial charge in [0.1, 0.15) is 0 Å². The zero-order chi connectivity index (χ0) is 12.0. The molecular weight excluding hydrogens is 206 g/mol. The molecule has 0 radical (unpaired) electrons. The first-order chi connectivity index (χ1) is 7.59. The predicted octanol–water partition coefficient (Wildman–Crippen LogP) is 1.94. The molecule has 0 saturated heterocycles. The lowest BCUT2D eigenvalue weighted by Crippen LogP contribution is -2.40. The van der Waals surface area contributed by atoms with Gasteiger partial charge in [0.2, 0.25) is 5.91 Å². The molecular formula is C12H21NO3. The highest BCUT2D eigenvalue weighted by Crippen LogP contribution is 2.26. The molecule has 1 saturated carbocycles. The molecule has 1 rings (SSSR count). The summed E-state index contributed by atoms with van der Waals surface area (Å²) >= 11 is 0. The van der Waals surface area contributed by atoms with Crippen LogP contribution in [0.1, 0.15) is 51.9 Å². The van der Waals surface area contributed by atoms with Gasteiger partial charge in [-0.1, -0.05) is 25.7 Å². The number of nitrogens with one attached hydrogen (secondary N) is 1. The van der Waals surface area contributed by atoms with Crippen LogP contribution in [0.4, 0.5) is 0 Å². The Morgan fingerprint density at radius 1 is 1.25 bits per heavy atom. The average Bonchev–Trinajstić information content (AvgIpc) is 2.42. The Bertz CT molecular complexity index is 229. The Morgan fingerprint density at radius 3 is 2.25 bits per heavy atom. The number of aliphatic carboxylic acids is 1. The molecule has 0 spiro atoms. The molecule has 0 aromatic carbocycles. The number of carbonyl (C=O) groups is 2. The van der Waals surface area contributed by atoms with Gasteiger partial charge >= 0.3 is 5.97 Å². The Morgan fingerprint density at radius 2 is 1.81 bits per heavy atom. The normalized spacial score (nSPS) is 19.8. The molecule has 1 aliphatic carbocycles. The molecule has 2 N–H and O–H groups in total. The minimum absolute atomic E-state index is 0.0459. The number of hydrogen-bond donors (Lipinski definition) is 2. The minimum Gasteiger partial charge on any atom is -0.481 e. The number of carboxylic acid groups (broad SMARTS) is 1. The van der Waals surface area contributed by atoms with Gasteiger partial charge in [0.05, 0.1) is 6.42 Å². The molecule has 0 aromatic rings. The Balaban J connectivity index is 2.57. The summed E-state index contributed by atoms with van der Waals surface area (Å²) in [4.78, 5) is 21.8. The van der Waals surface area contributed by atoms with Crippen molar-refractivity contribution in [3.8, 4) is 0 Å². The summed E-state index contributed by atoms with van der Waals surface area (Å²) in [5.41, 5.74) is 0. The maximum absolute atomic E-state index is 11.1. The van der Waals surface area contributed by atoms with Gasteiger partial charge < -0.3 is 10.4 Å². The third-order valence-corrected chi connectivity index (χ3v) is 3.25. The molecule has 0 heterocycles. The van der Waals surface area contributed by atoms with Crippen LogP contribution in [0, 0.1) is 5.92 Å². The molecule has 1 aliphatic rings. The van der Waals surface area contributed by atoms with Crippen molar-refractivity contribution in [1.29, 1.82) is 0 Å². The minimum atomic E-state index is -0.831. The van der Waals surface area contributed by atoms with Crippen LogP contribution in [-0.2, 0) is 9.59 Å². The van der Waals surface area contributed by atoms with Crippen LogP contribution in [0.5, 0.6) is 0 Å². The Hall–Kier alpha value is -1.06. The summed E-state index contributed by atoms with van der Waals surface area (Å²) in [6.45, 7) is 1.45. The number of hydrogen-bond acceptors (Lipinski definition) is 2. The van der Waals surface area contributed by atoms with E-state index in [0.717, 1.165) is 25.7 Å². The van der Waals surface area contributed by atoms with Crippen molar-refractivity contribution in [2.75, 3.05) is 0 Å². The fraction of sp³-hybridized carbons (Fsp3) is 0.833. The van der Waals surface area contributed by atoms with E-state index in [1.807, 2.05) is 0 Å². The van der Waals surface area contributed by atoms with Crippen LogP contribution in [-0.4, -0.2) is 23.0 Å². The summed E-state index contributed by atoms with van der Waals surface area (Å²) in [6.07, 6.45) is 6.90. The van der Waals surface area contributed by atoms with Crippen LogP contribution in [0.2, 0.25) is 0 Å². The lowest BCUT2D eigenvalue weighted by molar-refractivity contribution is -0.138. The highest BCUT2D eigenvalue weighted by Gasteiger charge is 2.25. The first-order valence-electron chi connectivity index (χ1n) is 6.08. The zero-order valence-corrected chi connectivity index (χ0v) is 9.87. The van der Waals surface area contributed by atoms with E-state index >= 15 is 0 Å². The monoisotopic (exact) mass is 227 g/mol. The fourth-order valence-corrected chi connectivity index (χ4v) is 2.50. The van der Waals surface area contributed by atoms with Crippen molar-refractivity contribution in [2.24, 2.45) is 5.92 Å². The third-order valence-electron chi connectivity index (χ3n) is 3.25. The number of rotatable bonds is 4. The molecule has 0 aliphatic heterocycles. The molecule has 1 fully saturated rings. The van der Waals surface area contributed by atoms with E-state index in [9.17, 15) is 9.59 Å². The fourth-order valence-electron chi connectivity index (χ4n) is 2.50. The van der Waals surface area contributed by atoms with E-state index in [2.05, 4.69) is 5.32 Å². The highest BCUT2D eigenvalue weighted by molar-refractivity contribution is 5.75. The van der Waals surface area contributed by atoms with Gasteiger partial charge in [0, 0.05) is 13.0 Å². The largest absolute Gasteiger partial charge is 0.481 e. The molecule has 92 valence electrons. The Kier molecular flexibility index (Phi) is 5.29. The van der Waals surface area contributed by atoms with Gasteiger partial charge in [-0.25, -0.2) is 0 Å². The van der Waals surface area contributed by atoms with Crippen LogP contribution in [0.15, 0.2) is 0 Å². The van der Waals surface area contributed by atoms with Crippen LogP contribution in [0.3, 0.4) is 0 Å². The third kappa shape index (κ3) is 4.64. The van der Waals surface area contributed by atoms with E-state index in [-0.39, 0.29) is 18.4 Å². The van der Waals surface area contributed by atoms with E-state index in [1.165, 1.54) is 19.8 Å². The van der Waals surface area contributed by atoms with Crippen molar-refractivity contribution in [1.82, 2.24) is 5.32 Å². The van der Waals surface area contributed by atoms with Crippen LogP contribution >= 0.6 is 0 Å². The van der Waals surface area contributed by atoms with E-state index in [1.54, 1.807) is 0 Å². The lowest BCUT2D eigenvalue weighted by atomic mass is 9.90.